The van der Waals surface area contributed by atoms with Crippen molar-refractivity contribution in [3.05, 3.63) is 59.7 Å². The highest BCUT2D eigenvalue weighted by Crippen LogP contribution is 2.38. The number of hydrogen-bond donors (Lipinski definition) is 0. The number of hydrogen-bond acceptors (Lipinski definition) is 1. The Bertz CT molecular complexity index is 742. The normalized spacial score (nSPS) is 19.0. The first-order valence-corrected chi connectivity index (χ1v) is 11.9. The Morgan fingerprint density at radius 1 is 0.724 bits per heavy atom. The van der Waals surface area contributed by atoms with Crippen molar-refractivity contribution in [2.45, 2.75) is 89.9 Å². The van der Waals surface area contributed by atoms with Crippen LogP contribution in [0.25, 0.3) is 11.1 Å². The van der Waals surface area contributed by atoms with Gasteiger partial charge in [-0.05, 0) is 66.3 Å². The molecule has 0 unspecified atom stereocenters. The number of nitrogens with zero attached hydrogens (tertiary/aromatic N) is 1. The minimum absolute atomic E-state index is 0.721. The SMILES string of the molecule is CCCCCCCCCC1CCC(c2ccc(-c3ccc(C#N)cc3)cc2)CC1. The average Bonchev–Trinajstić information content (AvgIpc) is 2.79. The number of rotatable bonds is 10. The molecule has 0 heterocycles. The minimum Gasteiger partial charge on any atom is -0.192 e. The van der Waals surface area contributed by atoms with Crippen LogP contribution in [0.3, 0.4) is 0 Å². The summed E-state index contributed by atoms with van der Waals surface area (Å²) in [6.07, 6.45) is 17.0. The van der Waals surface area contributed by atoms with E-state index in [9.17, 15) is 0 Å². The van der Waals surface area contributed by atoms with Gasteiger partial charge in [-0.25, -0.2) is 0 Å². The van der Waals surface area contributed by atoms with Crippen LogP contribution in [0.5, 0.6) is 0 Å². The first-order chi connectivity index (χ1) is 14.3. The van der Waals surface area contributed by atoms with Crippen LogP contribution in [-0.4, -0.2) is 0 Å². The van der Waals surface area contributed by atoms with E-state index in [0.29, 0.717) is 0 Å². The molecule has 0 N–H and O–H groups in total. The molecule has 0 bridgehead atoms. The molecular weight excluding hydrogens is 350 g/mol. The Labute approximate surface area is 178 Å². The number of nitriles is 1. The molecule has 0 radical (unpaired) electrons. The van der Waals surface area contributed by atoms with Gasteiger partial charge >= 0.3 is 0 Å². The van der Waals surface area contributed by atoms with Crippen molar-refractivity contribution < 1.29 is 0 Å². The molecule has 1 fully saturated rings. The number of benzene rings is 2. The van der Waals surface area contributed by atoms with Crippen molar-refractivity contribution in [1.82, 2.24) is 0 Å². The molecule has 0 atom stereocenters. The predicted octanol–water partition coefficient (Wildman–Crippen LogP) is 8.64. The fraction of sp³-hybridized carbons (Fsp3) is 0.536. The molecule has 3 rings (SSSR count). The average molecular weight is 388 g/mol. The summed E-state index contributed by atoms with van der Waals surface area (Å²) in [6.45, 7) is 2.29. The van der Waals surface area contributed by atoms with Gasteiger partial charge in [-0.1, -0.05) is 94.7 Å². The zero-order valence-corrected chi connectivity index (χ0v) is 18.2. The third kappa shape index (κ3) is 6.74. The van der Waals surface area contributed by atoms with E-state index >= 15 is 0 Å². The largest absolute Gasteiger partial charge is 0.192 e. The molecule has 1 heteroatoms. The smallest absolute Gasteiger partial charge is 0.0991 e. The maximum Gasteiger partial charge on any atom is 0.0991 e. The Morgan fingerprint density at radius 3 is 1.86 bits per heavy atom. The highest BCUT2D eigenvalue weighted by Gasteiger charge is 2.22. The predicted molar refractivity (Wildman–Crippen MR) is 124 cm³/mol. The van der Waals surface area contributed by atoms with E-state index in [1.807, 2.05) is 24.3 Å². The van der Waals surface area contributed by atoms with Gasteiger partial charge in [-0.3, -0.25) is 0 Å². The van der Waals surface area contributed by atoms with E-state index < -0.39 is 0 Å². The molecular formula is C28H37N. The highest BCUT2D eigenvalue weighted by atomic mass is 14.3. The molecule has 1 aliphatic rings. The van der Waals surface area contributed by atoms with Crippen LogP contribution in [0, 0.1) is 17.2 Å². The summed E-state index contributed by atoms with van der Waals surface area (Å²) in [5.74, 6) is 1.72. The lowest BCUT2D eigenvalue weighted by atomic mass is 9.77. The Morgan fingerprint density at radius 2 is 1.28 bits per heavy atom. The fourth-order valence-electron chi connectivity index (χ4n) is 4.86. The zero-order chi connectivity index (χ0) is 20.3. The van der Waals surface area contributed by atoms with E-state index in [1.165, 1.54) is 93.7 Å². The molecule has 154 valence electrons. The summed E-state index contributed by atoms with van der Waals surface area (Å²) in [5, 5.41) is 8.95. The maximum absolute atomic E-state index is 8.95. The monoisotopic (exact) mass is 387 g/mol. The molecule has 1 saturated carbocycles. The Balaban J connectivity index is 1.40. The van der Waals surface area contributed by atoms with Crippen LogP contribution in [0.4, 0.5) is 0 Å². The van der Waals surface area contributed by atoms with Gasteiger partial charge in [-0.15, -0.1) is 0 Å². The third-order valence-electron chi connectivity index (χ3n) is 6.79. The quantitative estimate of drug-likeness (QED) is 0.374. The van der Waals surface area contributed by atoms with Gasteiger partial charge in [0, 0.05) is 0 Å². The summed E-state index contributed by atoms with van der Waals surface area (Å²) >= 11 is 0. The third-order valence-corrected chi connectivity index (χ3v) is 6.79. The summed E-state index contributed by atoms with van der Waals surface area (Å²) < 4.78 is 0. The second-order valence-corrected chi connectivity index (χ2v) is 8.94. The maximum atomic E-state index is 8.95. The summed E-state index contributed by atoms with van der Waals surface area (Å²) in [5.41, 5.74) is 4.66. The van der Waals surface area contributed by atoms with Gasteiger partial charge in [0.15, 0.2) is 0 Å². The van der Waals surface area contributed by atoms with Gasteiger partial charge in [-0.2, -0.15) is 5.26 Å². The molecule has 0 aliphatic heterocycles. The molecule has 1 aliphatic carbocycles. The molecule has 0 spiro atoms. The van der Waals surface area contributed by atoms with E-state index in [-0.39, 0.29) is 0 Å². The van der Waals surface area contributed by atoms with Crippen LogP contribution < -0.4 is 0 Å². The molecule has 1 nitrogen and oxygen atoms in total. The summed E-state index contributed by atoms with van der Waals surface area (Å²) in [6, 6.07) is 19.2. The lowest BCUT2D eigenvalue weighted by molar-refractivity contribution is 0.302. The summed E-state index contributed by atoms with van der Waals surface area (Å²) in [7, 11) is 0. The van der Waals surface area contributed by atoms with Gasteiger partial charge in [0.25, 0.3) is 0 Å². The van der Waals surface area contributed by atoms with E-state index in [4.69, 9.17) is 5.26 Å². The van der Waals surface area contributed by atoms with Crippen molar-refractivity contribution in [1.29, 1.82) is 5.26 Å². The first-order valence-electron chi connectivity index (χ1n) is 11.9. The standard InChI is InChI=1S/C28H37N/c1-2-3-4-5-6-7-8-9-23-10-14-25(15-11-23)27-18-20-28(21-19-27)26-16-12-24(22-29)13-17-26/h12-13,16-21,23,25H,2-11,14-15H2,1H3. The van der Waals surface area contributed by atoms with Crippen LogP contribution in [0.2, 0.25) is 0 Å². The van der Waals surface area contributed by atoms with Crippen molar-refractivity contribution in [2.24, 2.45) is 5.92 Å². The van der Waals surface area contributed by atoms with Crippen LogP contribution in [0.1, 0.15) is 101 Å². The second kappa shape index (κ2) is 11.8. The van der Waals surface area contributed by atoms with Crippen LogP contribution in [-0.2, 0) is 0 Å². The summed E-state index contributed by atoms with van der Waals surface area (Å²) in [4.78, 5) is 0. The van der Waals surface area contributed by atoms with Gasteiger partial charge < -0.3 is 0 Å². The van der Waals surface area contributed by atoms with Crippen molar-refractivity contribution in [3.8, 4) is 17.2 Å². The molecule has 0 saturated heterocycles. The van der Waals surface area contributed by atoms with E-state index in [1.54, 1.807) is 0 Å². The fourth-order valence-corrected chi connectivity index (χ4v) is 4.86. The van der Waals surface area contributed by atoms with E-state index in [0.717, 1.165) is 17.4 Å². The van der Waals surface area contributed by atoms with Crippen LogP contribution in [0.15, 0.2) is 48.5 Å². The van der Waals surface area contributed by atoms with E-state index in [2.05, 4.69) is 37.3 Å². The molecule has 0 aromatic heterocycles. The van der Waals surface area contributed by atoms with Gasteiger partial charge in [0.2, 0.25) is 0 Å². The van der Waals surface area contributed by atoms with Gasteiger partial charge in [0.1, 0.15) is 0 Å². The second-order valence-electron chi connectivity index (χ2n) is 8.94. The van der Waals surface area contributed by atoms with Crippen molar-refractivity contribution in [3.63, 3.8) is 0 Å². The van der Waals surface area contributed by atoms with Crippen molar-refractivity contribution in [2.75, 3.05) is 0 Å². The molecule has 0 amide bonds. The topological polar surface area (TPSA) is 23.8 Å². The molecule has 2 aromatic carbocycles. The lowest BCUT2D eigenvalue weighted by Gasteiger charge is -2.29. The zero-order valence-electron chi connectivity index (χ0n) is 18.2. The minimum atomic E-state index is 0.721. The van der Waals surface area contributed by atoms with Crippen molar-refractivity contribution >= 4 is 0 Å². The Hall–Kier alpha value is -2.07. The Kier molecular flexibility index (Phi) is 8.82. The lowest BCUT2D eigenvalue weighted by Crippen LogP contribution is -2.13. The highest BCUT2D eigenvalue weighted by molar-refractivity contribution is 5.64. The number of unbranched alkanes of at least 4 members (excludes halogenated alkanes) is 6. The van der Waals surface area contributed by atoms with Crippen LogP contribution >= 0.6 is 0 Å². The van der Waals surface area contributed by atoms with Gasteiger partial charge in [0.05, 0.1) is 11.6 Å². The first kappa shape index (κ1) is 21.6. The molecule has 2 aromatic rings. The molecule has 29 heavy (non-hydrogen) atoms.